The number of hydrogen-bond donors (Lipinski definition) is 0. The van der Waals surface area contributed by atoms with Crippen LogP contribution in [-0.4, -0.2) is 20.3 Å². The third-order valence-electron chi connectivity index (χ3n) is 7.24. The van der Waals surface area contributed by atoms with Gasteiger partial charge in [0.15, 0.2) is 8.32 Å². The second-order valence-electron chi connectivity index (χ2n) is 11.3. The van der Waals surface area contributed by atoms with Crippen LogP contribution in [0.4, 0.5) is 11.4 Å². The van der Waals surface area contributed by atoms with E-state index >= 15 is 0 Å². The van der Waals surface area contributed by atoms with Crippen molar-refractivity contribution in [3.05, 3.63) is 72.8 Å². The van der Waals surface area contributed by atoms with Crippen LogP contribution < -0.4 is 4.90 Å². The predicted molar refractivity (Wildman–Crippen MR) is 138 cm³/mol. The van der Waals surface area contributed by atoms with E-state index in [0.29, 0.717) is 6.42 Å². The van der Waals surface area contributed by atoms with Crippen molar-refractivity contribution in [1.82, 2.24) is 0 Å². The van der Waals surface area contributed by atoms with Crippen molar-refractivity contribution in [2.75, 3.05) is 4.90 Å². The summed E-state index contributed by atoms with van der Waals surface area (Å²) in [6.45, 7) is 20.3. The largest absolute Gasteiger partial charge is 0.413 e. The minimum atomic E-state index is -2.00. The molecule has 1 aliphatic carbocycles. The maximum absolute atomic E-state index is 13.8. The number of benzene rings is 2. The number of carbonyl (C=O) groups excluding carboxylic acids is 1. The molecule has 0 aromatic heterocycles. The fraction of sp³-hybridized carbons (Fsp3) is 0.464. The molecule has 3 nitrogen and oxygen atoms in total. The van der Waals surface area contributed by atoms with E-state index in [1.807, 2.05) is 65.6 Å². The number of anilines is 2. The molecule has 0 bridgehead atoms. The van der Waals surface area contributed by atoms with Crippen molar-refractivity contribution < 1.29 is 9.22 Å². The van der Waals surface area contributed by atoms with Gasteiger partial charge in [0.25, 0.3) is 0 Å². The van der Waals surface area contributed by atoms with Gasteiger partial charge in [-0.2, -0.15) is 0 Å². The van der Waals surface area contributed by atoms with E-state index in [-0.39, 0.29) is 28.4 Å². The van der Waals surface area contributed by atoms with Crippen LogP contribution in [0.3, 0.4) is 0 Å². The van der Waals surface area contributed by atoms with E-state index in [1.165, 1.54) is 0 Å². The average Bonchev–Trinajstić information content (AvgIpc) is 2.91. The molecule has 0 unspecified atom stereocenters. The van der Waals surface area contributed by atoms with E-state index in [0.717, 1.165) is 23.4 Å². The molecule has 0 N–H and O–H groups in total. The molecule has 3 rings (SSSR count). The lowest BCUT2D eigenvalue weighted by molar-refractivity contribution is -0.119. The van der Waals surface area contributed by atoms with Crippen LogP contribution in [0.15, 0.2) is 72.8 Å². The second-order valence-corrected chi connectivity index (χ2v) is 16.1. The van der Waals surface area contributed by atoms with Gasteiger partial charge in [0.1, 0.15) is 0 Å². The zero-order valence-corrected chi connectivity index (χ0v) is 21.8. The Balaban J connectivity index is 1.93. The lowest BCUT2D eigenvalue weighted by Crippen LogP contribution is -2.48. The van der Waals surface area contributed by atoms with E-state index in [9.17, 15) is 4.79 Å². The molecule has 2 aromatic carbocycles. The Morgan fingerprint density at radius 1 is 1.03 bits per heavy atom. The van der Waals surface area contributed by atoms with Crippen molar-refractivity contribution in [3.8, 4) is 0 Å². The van der Waals surface area contributed by atoms with E-state index in [1.54, 1.807) is 0 Å². The van der Waals surface area contributed by atoms with Crippen LogP contribution in [0.2, 0.25) is 18.1 Å². The number of carbonyl (C=O) groups is 1. The average molecular weight is 450 g/mol. The van der Waals surface area contributed by atoms with Gasteiger partial charge in [0.2, 0.25) is 5.91 Å². The second kappa shape index (κ2) is 8.99. The van der Waals surface area contributed by atoms with Crippen LogP contribution in [0.5, 0.6) is 0 Å². The summed E-state index contributed by atoms with van der Waals surface area (Å²) in [5, 5.41) is 0.113. The molecule has 2 aromatic rings. The van der Waals surface area contributed by atoms with E-state index in [4.69, 9.17) is 4.43 Å². The summed E-state index contributed by atoms with van der Waals surface area (Å²) >= 11 is 0. The summed E-state index contributed by atoms with van der Waals surface area (Å²) in [4.78, 5) is 15.6. The first-order valence-electron chi connectivity index (χ1n) is 11.6. The minimum Gasteiger partial charge on any atom is -0.413 e. The molecule has 4 heteroatoms. The molecule has 32 heavy (non-hydrogen) atoms. The molecule has 1 amide bonds. The Morgan fingerprint density at radius 2 is 1.50 bits per heavy atom. The van der Waals surface area contributed by atoms with Crippen LogP contribution in [-0.2, 0) is 9.22 Å². The number of hydrogen-bond acceptors (Lipinski definition) is 2. The summed E-state index contributed by atoms with van der Waals surface area (Å²) in [5.74, 6) is 0.0941. The topological polar surface area (TPSA) is 29.5 Å². The Kier molecular flexibility index (Phi) is 6.87. The fourth-order valence-electron chi connectivity index (χ4n) is 4.43. The van der Waals surface area contributed by atoms with Crippen molar-refractivity contribution >= 4 is 25.6 Å². The first-order chi connectivity index (χ1) is 14.8. The molecule has 0 saturated heterocycles. The molecule has 0 heterocycles. The van der Waals surface area contributed by atoms with Gasteiger partial charge >= 0.3 is 0 Å². The smallest absolute Gasteiger partial charge is 0.232 e. The van der Waals surface area contributed by atoms with E-state index < -0.39 is 8.32 Å². The summed E-state index contributed by atoms with van der Waals surface area (Å²) in [6.07, 6.45) is 1.28. The standard InChI is InChI=1S/C28H39NO2Si/c1-21-20-28(5,6)26(31-32(7,8)27(2,3)4)24(21)19-25(30)29(22-15-11-9-12-16-22)23-17-13-10-14-18-23/h9-18,24,26H,1,19-20H2,2-8H3/t24-,26+/m0/s1. The Labute approximate surface area is 195 Å². The Hall–Kier alpha value is -2.17. The number of rotatable bonds is 6. The number of amides is 1. The van der Waals surface area contributed by atoms with Gasteiger partial charge in [-0.1, -0.05) is 83.2 Å². The molecule has 0 radical (unpaired) electrons. The number of para-hydroxylation sites is 2. The lowest BCUT2D eigenvalue weighted by Gasteiger charge is -2.43. The van der Waals surface area contributed by atoms with Gasteiger partial charge in [0, 0.05) is 23.7 Å². The first-order valence-corrected chi connectivity index (χ1v) is 14.5. The van der Waals surface area contributed by atoms with Gasteiger partial charge in [-0.3, -0.25) is 9.69 Å². The highest BCUT2D eigenvalue weighted by atomic mass is 28.4. The lowest BCUT2D eigenvalue weighted by atomic mass is 9.86. The Morgan fingerprint density at radius 3 is 1.94 bits per heavy atom. The normalized spacial score (nSPS) is 20.9. The maximum atomic E-state index is 13.8. The van der Waals surface area contributed by atoms with Gasteiger partial charge in [-0.25, -0.2) is 0 Å². The zero-order chi connectivity index (χ0) is 23.7. The minimum absolute atomic E-state index is 0.00626. The summed E-state index contributed by atoms with van der Waals surface area (Å²) in [5.41, 5.74) is 2.86. The molecule has 1 aliphatic rings. The molecular weight excluding hydrogens is 410 g/mol. The highest BCUT2D eigenvalue weighted by molar-refractivity contribution is 6.74. The van der Waals surface area contributed by atoms with Gasteiger partial charge in [0.05, 0.1) is 6.10 Å². The zero-order valence-electron chi connectivity index (χ0n) is 20.8. The van der Waals surface area contributed by atoms with Crippen LogP contribution in [0, 0.1) is 11.3 Å². The highest BCUT2D eigenvalue weighted by Crippen LogP contribution is 2.51. The van der Waals surface area contributed by atoms with Crippen molar-refractivity contribution in [1.29, 1.82) is 0 Å². The fourth-order valence-corrected chi connectivity index (χ4v) is 5.91. The third-order valence-corrected chi connectivity index (χ3v) is 11.7. The van der Waals surface area contributed by atoms with Crippen molar-refractivity contribution in [3.63, 3.8) is 0 Å². The molecule has 172 valence electrons. The quantitative estimate of drug-likeness (QED) is 0.333. The predicted octanol–water partition coefficient (Wildman–Crippen LogP) is 7.73. The summed E-state index contributed by atoms with van der Waals surface area (Å²) < 4.78 is 6.96. The highest BCUT2D eigenvalue weighted by Gasteiger charge is 2.50. The Bertz CT molecular complexity index is 905. The van der Waals surface area contributed by atoms with Crippen LogP contribution >= 0.6 is 0 Å². The van der Waals surface area contributed by atoms with Gasteiger partial charge in [-0.05, 0) is 54.2 Å². The summed E-state index contributed by atoms with van der Waals surface area (Å²) in [7, 11) is -2.00. The van der Waals surface area contributed by atoms with Crippen molar-refractivity contribution in [2.45, 2.75) is 71.7 Å². The third kappa shape index (κ3) is 5.07. The monoisotopic (exact) mass is 449 g/mol. The molecule has 0 aliphatic heterocycles. The van der Waals surface area contributed by atoms with Gasteiger partial charge < -0.3 is 4.43 Å². The molecule has 0 spiro atoms. The SMILES string of the molecule is C=C1CC(C)(C)[C@H](O[Si](C)(C)C(C)(C)C)[C@H]1CC(=O)N(c1ccccc1)c1ccccc1. The molecule has 1 fully saturated rings. The maximum Gasteiger partial charge on any atom is 0.232 e. The molecular formula is C28H39NO2Si. The number of nitrogens with zero attached hydrogens (tertiary/aromatic N) is 1. The first kappa shape index (κ1) is 24.5. The van der Waals surface area contributed by atoms with Gasteiger partial charge in [-0.15, -0.1) is 0 Å². The van der Waals surface area contributed by atoms with Crippen LogP contribution in [0.25, 0.3) is 0 Å². The van der Waals surface area contributed by atoms with Crippen LogP contribution in [0.1, 0.15) is 47.5 Å². The van der Waals surface area contributed by atoms with Crippen molar-refractivity contribution in [2.24, 2.45) is 11.3 Å². The van der Waals surface area contributed by atoms with E-state index in [2.05, 4.69) is 54.3 Å². The molecule has 1 saturated carbocycles. The molecule has 2 atom stereocenters. The summed E-state index contributed by atoms with van der Waals surface area (Å²) in [6, 6.07) is 19.8.